The van der Waals surface area contributed by atoms with Gasteiger partial charge in [-0.1, -0.05) is 20.8 Å². The highest BCUT2D eigenvalue weighted by Gasteiger charge is 1.97. The lowest BCUT2D eigenvalue weighted by Gasteiger charge is -2.12. The smallest absolute Gasteiger partial charge is 0.0784 e. The van der Waals surface area contributed by atoms with Crippen LogP contribution in [0.2, 0.25) is 0 Å². The van der Waals surface area contributed by atoms with Crippen LogP contribution in [0.4, 0.5) is 0 Å². The maximum absolute atomic E-state index is 5.52. The zero-order chi connectivity index (χ0) is 7.98. The van der Waals surface area contributed by atoms with Crippen molar-refractivity contribution in [3.8, 4) is 0 Å². The SMILES string of the molecule is CC[C@H](N)NOCC(C)C. The van der Waals surface area contributed by atoms with Gasteiger partial charge in [0.2, 0.25) is 0 Å². The van der Waals surface area contributed by atoms with Crippen LogP contribution in [-0.2, 0) is 4.84 Å². The van der Waals surface area contributed by atoms with Gasteiger partial charge in [0, 0.05) is 0 Å². The van der Waals surface area contributed by atoms with Crippen molar-refractivity contribution in [1.82, 2.24) is 5.48 Å². The Bertz CT molecular complexity index is 76.0. The standard InChI is InChI=1S/C7H18N2O/c1-4-7(8)9-10-5-6(2)3/h6-7,9H,4-5,8H2,1-3H3/t7-/m1/s1. The van der Waals surface area contributed by atoms with Gasteiger partial charge < -0.3 is 10.6 Å². The van der Waals surface area contributed by atoms with E-state index in [1.54, 1.807) is 0 Å². The summed E-state index contributed by atoms with van der Waals surface area (Å²) >= 11 is 0. The summed E-state index contributed by atoms with van der Waals surface area (Å²) in [4.78, 5) is 5.07. The fraction of sp³-hybridized carbons (Fsp3) is 1.00. The molecule has 0 aliphatic heterocycles. The highest BCUT2D eigenvalue weighted by Crippen LogP contribution is 1.90. The molecule has 1 atom stereocenters. The van der Waals surface area contributed by atoms with Crippen LogP contribution in [0.15, 0.2) is 0 Å². The molecule has 0 saturated carbocycles. The third-order valence-corrected chi connectivity index (χ3v) is 1.09. The molecule has 3 nitrogen and oxygen atoms in total. The summed E-state index contributed by atoms with van der Waals surface area (Å²) in [5.74, 6) is 0.552. The van der Waals surface area contributed by atoms with Crippen molar-refractivity contribution in [1.29, 1.82) is 0 Å². The molecule has 10 heavy (non-hydrogen) atoms. The summed E-state index contributed by atoms with van der Waals surface area (Å²) in [5.41, 5.74) is 8.26. The van der Waals surface area contributed by atoms with E-state index in [9.17, 15) is 0 Å². The van der Waals surface area contributed by atoms with E-state index in [0.29, 0.717) is 12.5 Å². The number of hydrogen-bond donors (Lipinski definition) is 2. The van der Waals surface area contributed by atoms with Gasteiger partial charge in [0.05, 0.1) is 12.8 Å². The number of nitrogens with two attached hydrogens (primary N) is 1. The third kappa shape index (κ3) is 6.01. The highest BCUT2D eigenvalue weighted by atomic mass is 16.6. The van der Waals surface area contributed by atoms with E-state index in [0.717, 1.165) is 6.42 Å². The second kappa shape index (κ2) is 5.65. The van der Waals surface area contributed by atoms with Gasteiger partial charge in [0.15, 0.2) is 0 Å². The summed E-state index contributed by atoms with van der Waals surface area (Å²) in [5, 5.41) is 0. The minimum absolute atomic E-state index is 0.0289. The number of nitrogens with one attached hydrogen (secondary N) is 1. The topological polar surface area (TPSA) is 47.3 Å². The summed E-state index contributed by atoms with van der Waals surface area (Å²) in [7, 11) is 0. The van der Waals surface area contributed by atoms with Crippen molar-refractivity contribution in [2.75, 3.05) is 6.61 Å². The summed E-state index contributed by atoms with van der Waals surface area (Å²) in [6.07, 6.45) is 0.858. The average Bonchev–Trinajstić information content (AvgIpc) is 1.87. The summed E-state index contributed by atoms with van der Waals surface area (Å²) < 4.78 is 0. The predicted molar refractivity (Wildman–Crippen MR) is 42.2 cm³/mol. The van der Waals surface area contributed by atoms with Crippen molar-refractivity contribution < 1.29 is 4.84 Å². The molecule has 0 unspecified atom stereocenters. The van der Waals surface area contributed by atoms with Crippen LogP contribution in [0.3, 0.4) is 0 Å². The Labute approximate surface area is 62.9 Å². The molecule has 0 amide bonds. The lowest BCUT2D eigenvalue weighted by atomic mass is 10.2. The quantitative estimate of drug-likeness (QED) is 0.446. The van der Waals surface area contributed by atoms with Crippen molar-refractivity contribution in [3.05, 3.63) is 0 Å². The molecule has 0 fully saturated rings. The van der Waals surface area contributed by atoms with Gasteiger partial charge in [-0.05, 0) is 12.3 Å². The van der Waals surface area contributed by atoms with Gasteiger partial charge in [-0.3, -0.25) is 0 Å². The van der Waals surface area contributed by atoms with Gasteiger partial charge in [-0.2, -0.15) is 5.48 Å². The summed E-state index contributed by atoms with van der Waals surface area (Å²) in [6, 6.07) is 0. The Kier molecular flexibility index (Phi) is 5.58. The zero-order valence-corrected chi connectivity index (χ0v) is 7.05. The maximum Gasteiger partial charge on any atom is 0.0784 e. The summed E-state index contributed by atoms with van der Waals surface area (Å²) in [6.45, 7) is 6.92. The van der Waals surface area contributed by atoms with Crippen LogP contribution in [0.5, 0.6) is 0 Å². The number of rotatable bonds is 5. The molecule has 0 radical (unpaired) electrons. The molecule has 0 aliphatic carbocycles. The molecule has 0 bridgehead atoms. The van der Waals surface area contributed by atoms with E-state index in [1.807, 2.05) is 6.92 Å². The molecule has 0 aromatic rings. The second-order valence-electron chi connectivity index (χ2n) is 2.84. The van der Waals surface area contributed by atoms with E-state index < -0.39 is 0 Å². The van der Waals surface area contributed by atoms with Crippen molar-refractivity contribution in [3.63, 3.8) is 0 Å². The van der Waals surface area contributed by atoms with Gasteiger partial charge in [0.25, 0.3) is 0 Å². The Morgan fingerprint density at radius 1 is 1.50 bits per heavy atom. The Morgan fingerprint density at radius 2 is 2.10 bits per heavy atom. The minimum atomic E-state index is -0.0289. The van der Waals surface area contributed by atoms with Crippen LogP contribution in [0.25, 0.3) is 0 Å². The molecular weight excluding hydrogens is 128 g/mol. The number of hydroxylamine groups is 1. The van der Waals surface area contributed by atoms with Gasteiger partial charge in [-0.15, -0.1) is 0 Å². The lowest BCUT2D eigenvalue weighted by molar-refractivity contribution is 0.00138. The van der Waals surface area contributed by atoms with E-state index >= 15 is 0 Å². The first-order chi connectivity index (χ1) is 4.66. The fourth-order valence-electron chi connectivity index (χ4n) is 0.405. The highest BCUT2D eigenvalue weighted by molar-refractivity contribution is 4.46. The van der Waals surface area contributed by atoms with E-state index in [1.165, 1.54) is 0 Å². The third-order valence-electron chi connectivity index (χ3n) is 1.09. The van der Waals surface area contributed by atoms with Gasteiger partial charge >= 0.3 is 0 Å². The van der Waals surface area contributed by atoms with Crippen LogP contribution in [-0.4, -0.2) is 12.8 Å². The molecule has 3 heteroatoms. The van der Waals surface area contributed by atoms with Gasteiger partial charge in [-0.25, -0.2) is 0 Å². The molecule has 0 aromatic heterocycles. The van der Waals surface area contributed by atoms with Crippen molar-refractivity contribution >= 4 is 0 Å². The Morgan fingerprint density at radius 3 is 2.50 bits per heavy atom. The van der Waals surface area contributed by atoms with E-state index in [4.69, 9.17) is 10.6 Å². The zero-order valence-electron chi connectivity index (χ0n) is 7.05. The molecule has 0 aliphatic rings. The first-order valence-electron chi connectivity index (χ1n) is 3.79. The monoisotopic (exact) mass is 146 g/mol. The van der Waals surface area contributed by atoms with Crippen molar-refractivity contribution in [2.24, 2.45) is 11.7 Å². The first-order valence-corrected chi connectivity index (χ1v) is 3.79. The molecule has 0 heterocycles. The predicted octanol–water partition coefficient (Wildman–Crippen LogP) is 0.858. The van der Waals surface area contributed by atoms with E-state index in [2.05, 4.69) is 19.3 Å². The van der Waals surface area contributed by atoms with Gasteiger partial charge in [0.1, 0.15) is 0 Å². The fourth-order valence-corrected chi connectivity index (χ4v) is 0.405. The average molecular weight is 146 g/mol. The molecular formula is C7H18N2O. The van der Waals surface area contributed by atoms with Crippen LogP contribution >= 0.6 is 0 Å². The van der Waals surface area contributed by atoms with Crippen LogP contribution in [0, 0.1) is 5.92 Å². The Hall–Kier alpha value is -0.120. The number of hydrogen-bond acceptors (Lipinski definition) is 3. The Balaban J connectivity index is 3.03. The van der Waals surface area contributed by atoms with E-state index in [-0.39, 0.29) is 6.17 Å². The molecule has 0 rings (SSSR count). The molecule has 62 valence electrons. The first kappa shape index (κ1) is 9.88. The largest absolute Gasteiger partial charge is 0.314 e. The molecule has 0 spiro atoms. The lowest BCUT2D eigenvalue weighted by Crippen LogP contribution is -2.37. The molecule has 3 N–H and O–H groups in total. The second-order valence-corrected chi connectivity index (χ2v) is 2.84. The normalized spacial score (nSPS) is 14.1. The van der Waals surface area contributed by atoms with Crippen LogP contribution in [0.1, 0.15) is 27.2 Å². The van der Waals surface area contributed by atoms with Crippen LogP contribution < -0.4 is 11.2 Å². The molecule has 0 saturated heterocycles. The molecule has 0 aromatic carbocycles. The van der Waals surface area contributed by atoms with Crippen molar-refractivity contribution in [2.45, 2.75) is 33.4 Å². The maximum atomic E-state index is 5.52. The minimum Gasteiger partial charge on any atom is -0.314 e.